The van der Waals surface area contributed by atoms with Crippen LogP contribution in [0.2, 0.25) is 0 Å². The summed E-state index contributed by atoms with van der Waals surface area (Å²) in [5, 5.41) is 10.6. The number of alkyl halides is 9. The minimum absolute atomic E-state index is 0.0688. The molecule has 9 N–H and O–H groups in total. The third-order valence-electron chi connectivity index (χ3n) is 23.2. The maximum atomic E-state index is 13.2. The molecule has 0 unspecified atom stereocenters. The lowest BCUT2D eigenvalue weighted by Crippen LogP contribution is -2.17. The Labute approximate surface area is 832 Å². The van der Waals surface area contributed by atoms with Crippen LogP contribution in [0.4, 0.5) is 68.0 Å². The summed E-state index contributed by atoms with van der Waals surface area (Å²) in [6.45, 7) is 9.29. The van der Waals surface area contributed by atoms with E-state index in [1.807, 2.05) is 125 Å². The molecule has 0 bridgehead atoms. The number of carbonyl (C=O) groups is 4. The molecule has 0 aliphatic carbocycles. The minimum atomic E-state index is -4.82. The Hall–Kier alpha value is -18.4. The van der Waals surface area contributed by atoms with E-state index in [2.05, 4.69) is 85.5 Å². The summed E-state index contributed by atoms with van der Waals surface area (Å²) in [5.41, 5.74) is 21.4. The number of benzene rings is 8. The number of rotatable bonds is 23. The molecule has 20 aromatic rings. The number of halogens is 9. The second-order valence-electron chi connectivity index (χ2n) is 34.2. The van der Waals surface area contributed by atoms with Crippen molar-refractivity contribution in [3.05, 3.63) is 418 Å². The number of aryl methyl sites for hydroxylation is 5. The highest BCUT2D eigenvalue weighted by Crippen LogP contribution is 2.37. The highest BCUT2D eigenvalue weighted by atomic mass is 32.2. The molecule has 4 amide bonds. The van der Waals surface area contributed by atoms with E-state index >= 15 is 0 Å². The summed E-state index contributed by atoms with van der Waals surface area (Å²) in [4.78, 5) is 119. The van der Waals surface area contributed by atoms with Gasteiger partial charge in [-0.25, -0.2) is 48.3 Å². The zero-order valence-corrected chi connectivity index (χ0v) is 79.6. The molecular weight excluding hydrogens is 1920 g/mol. The van der Waals surface area contributed by atoms with Crippen molar-refractivity contribution < 1.29 is 71.8 Å². The van der Waals surface area contributed by atoms with E-state index in [0.717, 1.165) is 176 Å². The SMILES string of the molecule is Cc1cc(NC(=O)c2ccc(C)c(Cc3nc(-c4cccnc4)c4[nH]ccc4n3)c2)cc(C(F)(F)F)c1.Cc1ccc(C(=O)Nc2cccc(C(F)(F)F)c2)cc1Cc1nc(-c2cccnc2)c2[nH]ccc2n1.Cc1ccc(C(=O)Nc2cccc(NS(C)(=O)=O)c2)cc1Cc1nc(-c2cccnc2)c2[nH]ccc2n1.Cc1ccc(C(=O)Nc2cccc(OC(F)(F)F)c2)cc1Cc1nc(-c2cccnc2)c2[nH]ccc2n1. The van der Waals surface area contributed by atoms with Crippen LogP contribution < -0.4 is 30.7 Å². The van der Waals surface area contributed by atoms with Gasteiger partial charge in [0, 0.05) is 173 Å². The number of nitrogens with zero attached hydrogens (tertiary/aromatic N) is 12. The molecular formula is C109H86F9N21O7S. The number of ether oxygens (including phenoxy) is 1. The van der Waals surface area contributed by atoms with Crippen LogP contribution in [-0.2, 0) is 48.1 Å². The lowest BCUT2D eigenvalue weighted by Gasteiger charge is -2.13. The standard InChI is InChI=1S/C28H22F3N5O.C27H20F3N5O2.C27H20F3N5O.C27H24N6O3S/c1-16-10-21(28(29,30)31)14-22(11-16)34-27(37)18-6-5-17(2)20(12-18)13-24-35-23-7-9-33-26(23)25(36-24)19-4-3-8-32-15-19;1-16-7-8-17(26(36)33-20-5-2-6-21(14-20)37-27(28,29)30)12-19(16)13-23-34-22-9-11-32-25(22)24(35-23)18-4-3-10-31-15-18;1-16-7-8-17(26(36)33-21-6-2-5-20(14-21)27(28,29)30)12-19(16)13-23-34-22-9-11-32-25(22)24(35-23)18-4-3-10-31-15-18;1-17-8-9-18(27(34)30-21-6-3-7-22(15-21)33-37(2,35)36)13-20(17)14-24-31-23-10-12-29-26(23)25(32-24)19-5-4-11-28-16-19/h3-12,14-15,33H,13H2,1-2H3,(H,34,37);2-12,14-15,32H,13H2,1H3,(H,33,36);2-12,14-15,32H,13H2,1H3,(H,33,36);3-13,15-16,29,33H,14H2,1-2H3,(H,30,34). The van der Waals surface area contributed by atoms with Crippen molar-refractivity contribution in [2.45, 2.75) is 79.0 Å². The zero-order valence-electron chi connectivity index (χ0n) is 78.8. The number of sulfonamides is 1. The molecule has 12 aromatic heterocycles. The molecule has 0 aliphatic heterocycles. The van der Waals surface area contributed by atoms with Gasteiger partial charge in [-0.15, -0.1) is 13.2 Å². The second-order valence-corrected chi connectivity index (χ2v) is 35.9. The van der Waals surface area contributed by atoms with Crippen molar-refractivity contribution in [2.75, 3.05) is 32.2 Å². The summed E-state index contributed by atoms with van der Waals surface area (Å²) >= 11 is 0. The Morgan fingerprint density at radius 3 is 0.946 bits per heavy atom. The van der Waals surface area contributed by atoms with Crippen LogP contribution in [0, 0.1) is 34.6 Å². The molecule has 12 heterocycles. The van der Waals surface area contributed by atoms with Crippen molar-refractivity contribution in [1.29, 1.82) is 0 Å². The molecule has 0 saturated heterocycles. The Balaban J connectivity index is 0.000000134. The Kier molecular flexibility index (Phi) is 29.5. The number of H-pyrrole nitrogens is 4. The molecule has 28 nitrogen and oxygen atoms in total. The van der Waals surface area contributed by atoms with Gasteiger partial charge in [0.2, 0.25) is 10.0 Å². The van der Waals surface area contributed by atoms with Gasteiger partial charge >= 0.3 is 18.7 Å². The third-order valence-corrected chi connectivity index (χ3v) is 23.9. The van der Waals surface area contributed by atoms with Gasteiger partial charge in [0.15, 0.2) is 0 Å². The Morgan fingerprint density at radius 1 is 0.320 bits per heavy atom. The van der Waals surface area contributed by atoms with Crippen LogP contribution in [0.15, 0.2) is 311 Å². The fraction of sp³-hybridized carbons (Fsp3) is 0.119. The summed E-state index contributed by atoms with van der Waals surface area (Å²) in [6.07, 6.45) is 9.79. The number of nitrogens with one attached hydrogen (secondary N) is 9. The molecule has 20 rings (SSSR count). The minimum Gasteiger partial charge on any atom is -0.406 e. The second kappa shape index (κ2) is 43.2. The predicted molar refractivity (Wildman–Crippen MR) is 542 cm³/mol. The number of amides is 4. The van der Waals surface area contributed by atoms with Crippen LogP contribution in [0.3, 0.4) is 0 Å². The van der Waals surface area contributed by atoms with Gasteiger partial charge in [-0.2, -0.15) is 26.3 Å². The van der Waals surface area contributed by atoms with Gasteiger partial charge in [0.05, 0.1) is 90.0 Å². The van der Waals surface area contributed by atoms with Crippen LogP contribution in [0.5, 0.6) is 5.75 Å². The Bertz CT molecular complexity index is 8420. The number of pyridine rings is 4. The van der Waals surface area contributed by atoms with Crippen molar-refractivity contribution in [3.63, 3.8) is 0 Å². The average Bonchev–Trinajstić information content (AvgIpc) is 1.70. The number of aromatic nitrogens is 16. The lowest BCUT2D eigenvalue weighted by molar-refractivity contribution is -0.274. The van der Waals surface area contributed by atoms with Crippen molar-refractivity contribution >= 4 is 106 Å². The zero-order chi connectivity index (χ0) is 103. The highest BCUT2D eigenvalue weighted by molar-refractivity contribution is 7.92. The maximum Gasteiger partial charge on any atom is 0.573 e. The van der Waals surface area contributed by atoms with Gasteiger partial charge in [0.1, 0.15) is 29.0 Å². The highest BCUT2D eigenvalue weighted by Gasteiger charge is 2.34. The molecule has 0 aliphatic rings. The first kappa shape index (κ1) is 100. The summed E-state index contributed by atoms with van der Waals surface area (Å²) < 4.78 is 146. The average molecular weight is 2010 g/mol. The first-order valence-corrected chi connectivity index (χ1v) is 47.3. The number of fused-ring (bicyclic) bond motifs is 4. The molecule has 38 heteroatoms. The molecule has 0 saturated carbocycles. The molecule has 147 heavy (non-hydrogen) atoms. The van der Waals surface area contributed by atoms with E-state index in [1.54, 1.807) is 154 Å². The number of carbonyl (C=O) groups excluding carboxylic acids is 4. The third kappa shape index (κ3) is 25.4. The number of anilines is 5. The quantitative estimate of drug-likeness (QED) is 0.0269. The topological polar surface area (TPSA) is 390 Å². The molecule has 0 radical (unpaired) electrons. The predicted octanol–water partition coefficient (Wildman–Crippen LogP) is 23.3. The van der Waals surface area contributed by atoms with Crippen LogP contribution in [0.25, 0.3) is 89.2 Å². The van der Waals surface area contributed by atoms with Gasteiger partial charge < -0.3 is 45.9 Å². The molecule has 8 aromatic carbocycles. The van der Waals surface area contributed by atoms with E-state index in [0.29, 0.717) is 88.2 Å². The van der Waals surface area contributed by atoms with E-state index in [9.17, 15) is 67.1 Å². The summed E-state index contributed by atoms with van der Waals surface area (Å²) in [7, 11) is -3.43. The Morgan fingerprint density at radius 2 is 0.626 bits per heavy atom. The van der Waals surface area contributed by atoms with Crippen LogP contribution in [0.1, 0.15) is 126 Å². The van der Waals surface area contributed by atoms with Crippen molar-refractivity contribution in [1.82, 2.24) is 79.7 Å². The van der Waals surface area contributed by atoms with Crippen LogP contribution in [-0.4, -0.2) is 124 Å². The van der Waals surface area contributed by atoms with Crippen molar-refractivity contribution in [3.8, 4) is 50.8 Å². The first-order valence-electron chi connectivity index (χ1n) is 45.4. The van der Waals surface area contributed by atoms with Crippen LogP contribution >= 0.6 is 0 Å². The molecule has 0 atom stereocenters. The lowest BCUT2D eigenvalue weighted by atomic mass is 10.0. The van der Waals surface area contributed by atoms with E-state index in [-0.39, 0.29) is 23.0 Å². The monoisotopic (exact) mass is 2000 g/mol. The number of hydrogen-bond donors (Lipinski definition) is 9. The first-order chi connectivity index (χ1) is 70.4. The molecule has 738 valence electrons. The van der Waals surface area contributed by atoms with E-state index < -0.39 is 63.3 Å². The maximum absolute atomic E-state index is 13.2. The largest absolute Gasteiger partial charge is 0.573 e. The van der Waals surface area contributed by atoms with Gasteiger partial charge in [0.25, 0.3) is 23.6 Å². The van der Waals surface area contributed by atoms with Gasteiger partial charge in [-0.3, -0.25) is 43.8 Å². The summed E-state index contributed by atoms with van der Waals surface area (Å²) in [6, 6.07) is 63.3. The smallest absolute Gasteiger partial charge is 0.406 e. The van der Waals surface area contributed by atoms with Crippen molar-refractivity contribution in [2.24, 2.45) is 0 Å². The molecule has 0 spiro atoms. The number of aromatic amines is 4. The molecule has 0 fully saturated rings. The van der Waals surface area contributed by atoms with E-state index in [4.69, 9.17) is 24.9 Å². The van der Waals surface area contributed by atoms with Gasteiger partial charge in [-0.05, 0) is 273 Å². The fourth-order valence-electron chi connectivity index (χ4n) is 16.1. The number of hydrogen-bond acceptors (Lipinski definition) is 19. The van der Waals surface area contributed by atoms with Gasteiger partial charge in [-0.1, -0.05) is 42.5 Å². The normalized spacial score (nSPS) is 11.5. The fourth-order valence-corrected chi connectivity index (χ4v) is 16.6. The summed E-state index contributed by atoms with van der Waals surface area (Å²) in [5.74, 6) is 0.136. The van der Waals surface area contributed by atoms with E-state index in [1.165, 1.54) is 30.3 Å².